The molecule has 162 valence electrons. The Labute approximate surface area is 192 Å². The van der Waals surface area contributed by atoms with Crippen LogP contribution in [0.25, 0.3) is 0 Å². The van der Waals surface area contributed by atoms with Gasteiger partial charge in [0.25, 0.3) is 5.91 Å². The van der Waals surface area contributed by atoms with E-state index in [2.05, 4.69) is 34.4 Å². The number of carbonyl (C=O) groups excluding carboxylic acids is 2. The standard InChI is InChI=1S/C21H24Cl2N4O2.ClH/c1-13(2)27-9-7-14(8-10-27)20(28)25-18-5-3-15(22)11-17(18)21(29)26-19-6-4-16(23)12-24-19;/h3-6,11-14H,7-10H2,1-2H3,(H,25,28)(H,24,26,29);1H. The van der Waals surface area contributed by atoms with Gasteiger partial charge in [0, 0.05) is 23.2 Å². The van der Waals surface area contributed by atoms with Crippen molar-refractivity contribution in [2.45, 2.75) is 32.7 Å². The van der Waals surface area contributed by atoms with Crippen molar-refractivity contribution in [1.82, 2.24) is 9.88 Å². The molecule has 9 heteroatoms. The smallest absolute Gasteiger partial charge is 0.258 e. The number of likely N-dealkylation sites (tertiary alicyclic amines) is 1. The summed E-state index contributed by atoms with van der Waals surface area (Å²) in [5.41, 5.74) is 0.708. The molecule has 30 heavy (non-hydrogen) atoms. The fraction of sp³-hybridized carbons (Fsp3) is 0.381. The number of hydrogen-bond donors (Lipinski definition) is 2. The molecule has 1 aliphatic heterocycles. The zero-order chi connectivity index (χ0) is 21.0. The molecule has 0 aliphatic carbocycles. The number of aromatic nitrogens is 1. The second kappa shape index (κ2) is 11.0. The first-order valence-corrected chi connectivity index (χ1v) is 10.4. The highest BCUT2D eigenvalue weighted by Gasteiger charge is 2.27. The number of nitrogens with zero attached hydrogens (tertiary/aromatic N) is 2. The van der Waals surface area contributed by atoms with Crippen molar-refractivity contribution < 1.29 is 9.59 Å². The van der Waals surface area contributed by atoms with Crippen LogP contribution in [0.15, 0.2) is 36.5 Å². The van der Waals surface area contributed by atoms with Crippen LogP contribution in [0.4, 0.5) is 11.5 Å². The molecule has 6 nitrogen and oxygen atoms in total. The molecule has 2 amide bonds. The molecule has 2 N–H and O–H groups in total. The predicted molar refractivity (Wildman–Crippen MR) is 124 cm³/mol. The zero-order valence-corrected chi connectivity index (χ0v) is 19.2. The normalized spacial score (nSPS) is 14.8. The van der Waals surface area contributed by atoms with Crippen LogP contribution in [0, 0.1) is 5.92 Å². The summed E-state index contributed by atoms with van der Waals surface area (Å²) in [7, 11) is 0. The summed E-state index contributed by atoms with van der Waals surface area (Å²) in [4.78, 5) is 32.0. The number of benzene rings is 1. The minimum Gasteiger partial charge on any atom is -0.325 e. The molecule has 0 unspecified atom stereocenters. The van der Waals surface area contributed by atoms with E-state index < -0.39 is 5.91 Å². The van der Waals surface area contributed by atoms with Gasteiger partial charge in [0.15, 0.2) is 0 Å². The van der Waals surface area contributed by atoms with Crippen LogP contribution in [-0.4, -0.2) is 40.8 Å². The average Bonchev–Trinajstić information content (AvgIpc) is 2.71. The first-order chi connectivity index (χ1) is 13.8. The first-order valence-electron chi connectivity index (χ1n) is 9.61. The predicted octanol–water partition coefficient (Wildman–Crippen LogP) is 5.12. The van der Waals surface area contributed by atoms with Gasteiger partial charge in [0.2, 0.25) is 5.91 Å². The molecule has 1 fully saturated rings. The van der Waals surface area contributed by atoms with Crippen molar-refractivity contribution in [3.8, 4) is 0 Å². The summed E-state index contributed by atoms with van der Waals surface area (Å²) < 4.78 is 0. The lowest BCUT2D eigenvalue weighted by molar-refractivity contribution is -0.121. The molecule has 3 rings (SSSR count). The highest BCUT2D eigenvalue weighted by Crippen LogP contribution is 2.25. The van der Waals surface area contributed by atoms with Crippen molar-refractivity contribution in [2.24, 2.45) is 5.92 Å². The van der Waals surface area contributed by atoms with E-state index in [4.69, 9.17) is 23.2 Å². The quantitative estimate of drug-likeness (QED) is 0.634. The monoisotopic (exact) mass is 470 g/mol. The Morgan fingerprint density at radius 3 is 2.33 bits per heavy atom. The van der Waals surface area contributed by atoms with Gasteiger partial charge in [-0.25, -0.2) is 4.98 Å². The second-order valence-corrected chi connectivity index (χ2v) is 8.27. The van der Waals surface area contributed by atoms with Crippen molar-refractivity contribution >= 4 is 58.9 Å². The molecule has 1 aromatic carbocycles. The Morgan fingerprint density at radius 2 is 1.73 bits per heavy atom. The van der Waals surface area contributed by atoms with Gasteiger partial charge in [-0.05, 0) is 70.1 Å². The number of anilines is 2. The summed E-state index contributed by atoms with van der Waals surface area (Å²) in [5, 5.41) is 6.49. The minimum atomic E-state index is -0.410. The van der Waals surface area contributed by atoms with Crippen molar-refractivity contribution in [2.75, 3.05) is 23.7 Å². The number of piperidine rings is 1. The van der Waals surface area contributed by atoms with Gasteiger partial charge >= 0.3 is 0 Å². The number of carbonyl (C=O) groups is 2. The molecule has 2 aromatic rings. The van der Waals surface area contributed by atoms with Crippen LogP contribution >= 0.6 is 35.6 Å². The van der Waals surface area contributed by atoms with Gasteiger partial charge in [-0.15, -0.1) is 12.4 Å². The zero-order valence-electron chi connectivity index (χ0n) is 16.8. The Morgan fingerprint density at radius 1 is 1.07 bits per heavy atom. The molecule has 1 aromatic heterocycles. The maximum absolute atomic E-state index is 12.8. The molecule has 0 radical (unpaired) electrons. The summed E-state index contributed by atoms with van der Waals surface area (Å²) in [5.74, 6) is -0.200. The maximum atomic E-state index is 12.8. The molecule has 2 heterocycles. The third-order valence-corrected chi connectivity index (χ3v) is 5.54. The molecular formula is C21H25Cl3N4O2. The van der Waals surface area contributed by atoms with E-state index in [0.717, 1.165) is 25.9 Å². The Balaban J connectivity index is 0.00000320. The third-order valence-electron chi connectivity index (χ3n) is 5.08. The van der Waals surface area contributed by atoms with Gasteiger partial charge < -0.3 is 15.5 Å². The first kappa shape index (κ1) is 24.4. The van der Waals surface area contributed by atoms with E-state index >= 15 is 0 Å². The lowest BCUT2D eigenvalue weighted by Crippen LogP contribution is -2.41. The van der Waals surface area contributed by atoms with Gasteiger partial charge in [-0.1, -0.05) is 23.2 Å². The molecular weight excluding hydrogens is 447 g/mol. The van der Waals surface area contributed by atoms with Crippen LogP contribution in [0.1, 0.15) is 37.0 Å². The summed E-state index contributed by atoms with van der Waals surface area (Å²) in [6, 6.07) is 8.54. The van der Waals surface area contributed by atoms with E-state index in [1.54, 1.807) is 24.3 Å². The fourth-order valence-electron chi connectivity index (χ4n) is 3.36. The Kier molecular flexibility index (Phi) is 8.92. The highest BCUT2D eigenvalue weighted by molar-refractivity contribution is 6.31. The van der Waals surface area contributed by atoms with Crippen LogP contribution in [-0.2, 0) is 4.79 Å². The van der Waals surface area contributed by atoms with E-state index in [1.807, 2.05) is 0 Å². The largest absolute Gasteiger partial charge is 0.325 e. The summed E-state index contributed by atoms with van der Waals surface area (Å²) in [6.07, 6.45) is 3.04. The van der Waals surface area contributed by atoms with Gasteiger partial charge in [0.05, 0.1) is 16.3 Å². The van der Waals surface area contributed by atoms with Crippen molar-refractivity contribution in [1.29, 1.82) is 0 Å². The van der Waals surface area contributed by atoms with Crippen LogP contribution < -0.4 is 10.6 Å². The second-order valence-electron chi connectivity index (χ2n) is 7.40. The number of halogens is 3. The maximum Gasteiger partial charge on any atom is 0.258 e. The molecule has 1 saturated heterocycles. The van der Waals surface area contributed by atoms with Gasteiger partial charge in [-0.3, -0.25) is 9.59 Å². The number of rotatable bonds is 5. The summed E-state index contributed by atoms with van der Waals surface area (Å²) >= 11 is 11.9. The number of nitrogens with one attached hydrogen (secondary N) is 2. The molecule has 0 spiro atoms. The lowest BCUT2D eigenvalue weighted by atomic mass is 9.95. The molecule has 0 saturated carbocycles. The van der Waals surface area contributed by atoms with Crippen LogP contribution in [0.2, 0.25) is 10.0 Å². The average molecular weight is 472 g/mol. The molecule has 0 bridgehead atoms. The lowest BCUT2D eigenvalue weighted by Gasteiger charge is -2.34. The SMILES string of the molecule is CC(C)N1CCC(C(=O)Nc2ccc(Cl)cc2C(=O)Nc2ccc(Cl)cn2)CC1.Cl. The van der Waals surface area contributed by atoms with E-state index in [1.165, 1.54) is 12.3 Å². The number of amides is 2. The van der Waals surface area contributed by atoms with Crippen molar-refractivity contribution in [3.63, 3.8) is 0 Å². The topological polar surface area (TPSA) is 74.3 Å². The van der Waals surface area contributed by atoms with E-state index in [-0.39, 0.29) is 29.8 Å². The van der Waals surface area contributed by atoms with Gasteiger partial charge in [0.1, 0.15) is 5.82 Å². The molecule has 1 aliphatic rings. The van der Waals surface area contributed by atoms with Gasteiger partial charge in [-0.2, -0.15) is 0 Å². The van der Waals surface area contributed by atoms with E-state index in [9.17, 15) is 9.59 Å². The molecule has 0 atom stereocenters. The van der Waals surface area contributed by atoms with Crippen LogP contribution in [0.3, 0.4) is 0 Å². The van der Waals surface area contributed by atoms with Crippen LogP contribution in [0.5, 0.6) is 0 Å². The highest BCUT2D eigenvalue weighted by atomic mass is 35.5. The van der Waals surface area contributed by atoms with E-state index in [0.29, 0.717) is 27.6 Å². The number of hydrogen-bond acceptors (Lipinski definition) is 4. The summed E-state index contributed by atoms with van der Waals surface area (Å²) in [6.45, 7) is 6.11. The Bertz CT molecular complexity index is 882. The third kappa shape index (κ3) is 6.32. The minimum absolute atomic E-state index is 0. The van der Waals surface area contributed by atoms with Crippen molar-refractivity contribution in [3.05, 3.63) is 52.1 Å². The Hall–Kier alpha value is -1.86. The fourth-order valence-corrected chi connectivity index (χ4v) is 3.64. The number of pyridine rings is 1.